The number of piperazine rings is 1. The number of anilines is 1. The van der Waals surface area contributed by atoms with Crippen molar-refractivity contribution in [2.75, 3.05) is 45.2 Å². The first-order valence-electron chi connectivity index (χ1n) is 9.17. The molecule has 1 aliphatic rings. The van der Waals surface area contributed by atoms with Gasteiger partial charge >= 0.3 is 0 Å². The number of aromatic amines is 1. The van der Waals surface area contributed by atoms with Crippen LogP contribution in [-0.4, -0.2) is 71.1 Å². The Balaban J connectivity index is 0.00000160. The number of fused-ring (bicyclic) bond motifs is 1. The Morgan fingerprint density at radius 3 is 2.87 bits per heavy atom. The number of halogens is 2. The molecule has 1 amide bonds. The van der Waals surface area contributed by atoms with Crippen molar-refractivity contribution in [2.45, 2.75) is 6.04 Å². The molecule has 0 saturated carbocycles. The van der Waals surface area contributed by atoms with Crippen molar-refractivity contribution in [3.63, 3.8) is 0 Å². The summed E-state index contributed by atoms with van der Waals surface area (Å²) in [5.41, 5.74) is 2.31. The Hall–Kier alpha value is -2.62. The quantitative estimate of drug-likeness (QED) is 0.607. The molecular weight excluding hydrogens is 429 g/mol. The largest absolute Gasteiger partial charge is 0.496 e. The minimum Gasteiger partial charge on any atom is -0.496 e. The summed E-state index contributed by atoms with van der Waals surface area (Å²) >= 11 is 0. The number of likely N-dealkylation sites (N-methyl/N-ethyl adjacent to an activating group) is 1. The van der Waals surface area contributed by atoms with E-state index in [1.807, 2.05) is 41.1 Å². The van der Waals surface area contributed by atoms with E-state index in [4.69, 9.17) is 4.74 Å². The van der Waals surface area contributed by atoms with Crippen molar-refractivity contribution in [1.29, 1.82) is 0 Å². The molecule has 11 heteroatoms. The molecule has 0 spiro atoms. The lowest BCUT2D eigenvalue weighted by Gasteiger charge is -2.38. The highest BCUT2D eigenvalue weighted by molar-refractivity contribution is 5.87. The van der Waals surface area contributed by atoms with Gasteiger partial charge in [-0.3, -0.25) is 4.79 Å². The number of imidazole rings is 1. The lowest BCUT2D eigenvalue weighted by Crippen LogP contribution is -2.51. The molecule has 1 unspecified atom stereocenters. The molecule has 3 heterocycles. The van der Waals surface area contributed by atoms with E-state index in [0.717, 1.165) is 23.4 Å². The van der Waals surface area contributed by atoms with Gasteiger partial charge in [0.1, 0.15) is 17.6 Å². The number of benzene rings is 1. The maximum Gasteiger partial charge on any atom is 0.242 e. The van der Waals surface area contributed by atoms with E-state index < -0.39 is 0 Å². The van der Waals surface area contributed by atoms with Crippen LogP contribution in [0.2, 0.25) is 0 Å². The van der Waals surface area contributed by atoms with Gasteiger partial charge in [-0.1, -0.05) is 18.2 Å². The molecule has 1 aromatic carbocycles. The summed E-state index contributed by atoms with van der Waals surface area (Å²) in [6, 6.07) is 7.76. The molecule has 3 aromatic rings. The second kappa shape index (κ2) is 10.4. The van der Waals surface area contributed by atoms with Crippen molar-refractivity contribution in [1.82, 2.24) is 30.2 Å². The Morgan fingerprint density at radius 1 is 1.27 bits per heavy atom. The van der Waals surface area contributed by atoms with Crippen LogP contribution in [0.4, 0.5) is 5.82 Å². The number of para-hydroxylation sites is 1. The topological polar surface area (TPSA) is 99.3 Å². The zero-order valence-corrected chi connectivity index (χ0v) is 18.4. The van der Waals surface area contributed by atoms with Crippen molar-refractivity contribution in [3.05, 3.63) is 42.5 Å². The van der Waals surface area contributed by atoms with Gasteiger partial charge in [0.25, 0.3) is 0 Å². The fourth-order valence-corrected chi connectivity index (χ4v) is 3.63. The number of hydrogen-bond acceptors (Lipinski definition) is 7. The summed E-state index contributed by atoms with van der Waals surface area (Å²) in [7, 11) is 3.50. The van der Waals surface area contributed by atoms with Gasteiger partial charge in [-0.25, -0.2) is 15.0 Å². The van der Waals surface area contributed by atoms with Crippen LogP contribution >= 0.6 is 24.8 Å². The van der Waals surface area contributed by atoms with E-state index >= 15 is 0 Å². The van der Waals surface area contributed by atoms with Crippen LogP contribution in [0.15, 0.2) is 36.9 Å². The van der Waals surface area contributed by atoms with Gasteiger partial charge in [0.05, 0.1) is 26.0 Å². The van der Waals surface area contributed by atoms with Crippen molar-refractivity contribution in [2.24, 2.45) is 0 Å². The predicted octanol–water partition coefficient (Wildman–Crippen LogP) is 1.81. The summed E-state index contributed by atoms with van der Waals surface area (Å²) in [6.07, 6.45) is 3.04. The molecule has 1 fully saturated rings. The van der Waals surface area contributed by atoms with Crippen molar-refractivity contribution >= 4 is 47.7 Å². The first-order valence-corrected chi connectivity index (χ1v) is 9.17. The summed E-state index contributed by atoms with van der Waals surface area (Å²) < 4.78 is 5.51. The molecule has 0 bridgehead atoms. The number of aromatic nitrogens is 4. The van der Waals surface area contributed by atoms with Crippen LogP contribution in [0.3, 0.4) is 0 Å². The first kappa shape index (κ1) is 23.7. The molecule has 1 saturated heterocycles. The molecular formula is C19H25Cl2N7O2. The summed E-state index contributed by atoms with van der Waals surface area (Å²) in [5.74, 6) is 1.48. The van der Waals surface area contributed by atoms with E-state index in [0.29, 0.717) is 24.6 Å². The molecule has 2 aromatic heterocycles. The van der Waals surface area contributed by atoms with Gasteiger partial charge in [-0.2, -0.15) is 0 Å². The number of ether oxygens (including phenoxy) is 1. The number of nitrogens with zero attached hydrogens (tertiary/aromatic N) is 5. The number of carbonyl (C=O) groups is 1. The number of nitrogens with one attached hydrogen (secondary N) is 2. The van der Waals surface area contributed by atoms with E-state index in [-0.39, 0.29) is 43.3 Å². The second-order valence-electron chi connectivity index (χ2n) is 6.70. The fraction of sp³-hybridized carbons (Fsp3) is 0.368. The van der Waals surface area contributed by atoms with Crippen molar-refractivity contribution < 1.29 is 9.53 Å². The highest BCUT2D eigenvalue weighted by atomic mass is 35.5. The average Bonchev–Trinajstić information content (AvgIpc) is 3.22. The number of amides is 1. The van der Waals surface area contributed by atoms with Gasteiger partial charge in [0.15, 0.2) is 11.5 Å². The number of hydrogen-bond donors (Lipinski definition) is 2. The second-order valence-corrected chi connectivity index (χ2v) is 6.70. The highest BCUT2D eigenvalue weighted by Gasteiger charge is 2.30. The van der Waals surface area contributed by atoms with Crippen LogP contribution in [-0.2, 0) is 4.79 Å². The Morgan fingerprint density at radius 2 is 2.07 bits per heavy atom. The van der Waals surface area contributed by atoms with E-state index in [9.17, 15) is 4.79 Å². The fourth-order valence-electron chi connectivity index (χ4n) is 3.63. The summed E-state index contributed by atoms with van der Waals surface area (Å²) in [6.45, 7) is 2.29. The van der Waals surface area contributed by atoms with Gasteiger partial charge in [0.2, 0.25) is 5.91 Å². The normalized spacial score (nSPS) is 15.8. The van der Waals surface area contributed by atoms with Crippen LogP contribution in [0, 0.1) is 0 Å². The van der Waals surface area contributed by atoms with E-state index in [1.165, 1.54) is 6.33 Å². The Bertz CT molecular complexity index is 984. The summed E-state index contributed by atoms with van der Waals surface area (Å²) in [4.78, 5) is 32.6. The molecule has 1 aliphatic heterocycles. The minimum absolute atomic E-state index is 0. The van der Waals surface area contributed by atoms with Gasteiger partial charge < -0.3 is 24.8 Å². The first-order chi connectivity index (χ1) is 13.7. The zero-order chi connectivity index (χ0) is 19.5. The third-order valence-electron chi connectivity index (χ3n) is 5.00. The molecule has 4 rings (SSSR count). The van der Waals surface area contributed by atoms with Crippen LogP contribution in [0.1, 0.15) is 11.6 Å². The molecule has 30 heavy (non-hydrogen) atoms. The molecule has 162 valence electrons. The van der Waals surface area contributed by atoms with E-state index in [1.54, 1.807) is 13.4 Å². The standard InChI is InChI=1S/C19H23N7O2.2ClH/c1-25(19-17-18(22-11-21-17)23-12-24-19)10-16(27)26-8-7-20-9-14(26)13-5-3-4-6-15(13)28-2;;/h3-6,11-12,14,20H,7-10H2,1-2H3,(H,21,22,23,24);2*1H. The molecule has 1 atom stereocenters. The Labute approximate surface area is 187 Å². The number of methoxy groups -OCH3 is 1. The number of carbonyl (C=O) groups excluding carboxylic acids is 1. The van der Waals surface area contributed by atoms with Crippen LogP contribution in [0.25, 0.3) is 11.2 Å². The van der Waals surface area contributed by atoms with Crippen LogP contribution < -0.4 is 15.0 Å². The lowest BCUT2D eigenvalue weighted by atomic mass is 10.0. The predicted molar refractivity (Wildman–Crippen MR) is 120 cm³/mol. The molecule has 9 nitrogen and oxygen atoms in total. The number of rotatable bonds is 5. The monoisotopic (exact) mass is 453 g/mol. The average molecular weight is 454 g/mol. The smallest absolute Gasteiger partial charge is 0.242 e. The van der Waals surface area contributed by atoms with Gasteiger partial charge in [-0.05, 0) is 6.07 Å². The Kier molecular flexibility index (Phi) is 8.22. The molecule has 2 N–H and O–H groups in total. The minimum atomic E-state index is -0.0802. The number of H-pyrrole nitrogens is 1. The molecule has 0 aliphatic carbocycles. The van der Waals surface area contributed by atoms with Gasteiger partial charge in [-0.15, -0.1) is 24.8 Å². The van der Waals surface area contributed by atoms with Crippen molar-refractivity contribution in [3.8, 4) is 5.75 Å². The highest BCUT2D eigenvalue weighted by Crippen LogP contribution is 2.30. The zero-order valence-electron chi connectivity index (χ0n) is 16.7. The molecule has 0 radical (unpaired) electrons. The third kappa shape index (κ3) is 4.58. The SMILES string of the molecule is COc1ccccc1C1CNCCN1C(=O)CN(C)c1ncnc2nc[nH]c12.Cl.Cl. The van der Waals surface area contributed by atoms with E-state index in [2.05, 4.69) is 25.3 Å². The van der Waals surface area contributed by atoms with Gasteiger partial charge in [0, 0.05) is 32.2 Å². The maximum atomic E-state index is 13.2. The maximum absolute atomic E-state index is 13.2. The van der Waals surface area contributed by atoms with Crippen LogP contribution in [0.5, 0.6) is 5.75 Å². The summed E-state index contributed by atoms with van der Waals surface area (Å²) in [5, 5.41) is 3.38. The lowest BCUT2D eigenvalue weighted by molar-refractivity contribution is -0.133. The third-order valence-corrected chi connectivity index (χ3v) is 5.00.